The summed E-state index contributed by atoms with van der Waals surface area (Å²) in [7, 11) is 0. The van der Waals surface area contributed by atoms with Crippen molar-refractivity contribution in [3.05, 3.63) is 0 Å². The van der Waals surface area contributed by atoms with Gasteiger partial charge in [-0.05, 0) is 5.92 Å². The Hall–Kier alpha value is -1.47. The molecule has 1 fully saturated rings. The van der Waals surface area contributed by atoms with Gasteiger partial charge in [-0.3, -0.25) is 4.79 Å². The number of amides is 2. The number of hydrogen-bond acceptors (Lipinski definition) is 2. The number of nitrogens with zero attached hydrogens (tertiary/aromatic N) is 1. The molecule has 0 aromatic carbocycles. The molecular formula is C10H15F3N2O3. The summed E-state index contributed by atoms with van der Waals surface area (Å²) in [6, 6.07) is -0.644. The maximum Gasteiger partial charge on any atom is 0.390 e. The predicted octanol–water partition coefficient (Wildman–Crippen LogP) is 1.30. The van der Waals surface area contributed by atoms with Gasteiger partial charge in [-0.2, -0.15) is 13.2 Å². The molecule has 2 atom stereocenters. The first kappa shape index (κ1) is 14.6. The lowest BCUT2D eigenvalue weighted by molar-refractivity contribution is -0.142. The molecule has 0 aliphatic carbocycles. The van der Waals surface area contributed by atoms with Crippen LogP contribution < -0.4 is 5.32 Å². The van der Waals surface area contributed by atoms with Gasteiger partial charge in [0.2, 0.25) is 0 Å². The van der Waals surface area contributed by atoms with Gasteiger partial charge in [-0.15, -0.1) is 0 Å². The Labute approximate surface area is 102 Å². The molecule has 0 radical (unpaired) electrons. The van der Waals surface area contributed by atoms with Gasteiger partial charge in [0.05, 0.1) is 12.3 Å². The van der Waals surface area contributed by atoms with Crippen LogP contribution in [-0.2, 0) is 4.79 Å². The zero-order chi connectivity index (χ0) is 13.9. The molecule has 1 aliphatic rings. The minimum absolute atomic E-state index is 0.0361. The fourth-order valence-electron chi connectivity index (χ4n) is 1.88. The van der Waals surface area contributed by atoms with Crippen LogP contribution >= 0.6 is 0 Å². The molecule has 0 spiro atoms. The second-order valence-corrected chi connectivity index (χ2v) is 4.42. The lowest BCUT2D eigenvalue weighted by atomic mass is 9.99. The highest BCUT2D eigenvalue weighted by Crippen LogP contribution is 2.23. The number of rotatable bonds is 3. The van der Waals surface area contributed by atoms with Gasteiger partial charge in [0.15, 0.2) is 0 Å². The Morgan fingerprint density at radius 1 is 1.39 bits per heavy atom. The quantitative estimate of drug-likeness (QED) is 0.810. The van der Waals surface area contributed by atoms with Crippen LogP contribution in [0.3, 0.4) is 0 Å². The molecule has 8 heteroatoms. The van der Waals surface area contributed by atoms with Gasteiger partial charge < -0.3 is 15.3 Å². The van der Waals surface area contributed by atoms with Crippen molar-refractivity contribution in [1.82, 2.24) is 10.2 Å². The summed E-state index contributed by atoms with van der Waals surface area (Å²) in [5, 5.41) is 11.0. The zero-order valence-electron chi connectivity index (χ0n) is 9.83. The molecule has 0 saturated carbocycles. The summed E-state index contributed by atoms with van der Waals surface area (Å²) in [4.78, 5) is 23.6. The van der Waals surface area contributed by atoms with Crippen LogP contribution in [0.5, 0.6) is 0 Å². The van der Waals surface area contributed by atoms with Crippen LogP contribution in [0.2, 0.25) is 0 Å². The van der Waals surface area contributed by atoms with E-state index in [1.54, 1.807) is 6.92 Å². The van der Waals surface area contributed by atoms with Crippen LogP contribution in [0.1, 0.15) is 13.3 Å². The smallest absolute Gasteiger partial charge is 0.390 e. The Bertz CT molecular complexity index is 333. The summed E-state index contributed by atoms with van der Waals surface area (Å²) in [5.41, 5.74) is 0. The first-order valence-corrected chi connectivity index (χ1v) is 5.53. The van der Waals surface area contributed by atoms with Crippen molar-refractivity contribution in [2.45, 2.75) is 19.5 Å². The molecule has 0 aromatic rings. The van der Waals surface area contributed by atoms with E-state index < -0.39 is 37.1 Å². The Morgan fingerprint density at radius 3 is 2.44 bits per heavy atom. The van der Waals surface area contributed by atoms with Gasteiger partial charge in [0, 0.05) is 19.6 Å². The van der Waals surface area contributed by atoms with Crippen molar-refractivity contribution in [3.8, 4) is 0 Å². The number of carbonyl (C=O) groups is 2. The number of aliphatic carboxylic acids is 1. The zero-order valence-corrected chi connectivity index (χ0v) is 9.83. The van der Waals surface area contributed by atoms with Gasteiger partial charge in [0.25, 0.3) is 0 Å². The summed E-state index contributed by atoms with van der Waals surface area (Å²) >= 11 is 0. The molecule has 18 heavy (non-hydrogen) atoms. The summed E-state index contributed by atoms with van der Waals surface area (Å²) in [5.74, 6) is -1.85. The highest BCUT2D eigenvalue weighted by molar-refractivity contribution is 5.77. The first-order chi connectivity index (χ1) is 8.20. The highest BCUT2D eigenvalue weighted by atomic mass is 19.4. The fraction of sp³-hybridized carbons (Fsp3) is 0.800. The molecule has 5 nitrogen and oxygen atoms in total. The first-order valence-electron chi connectivity index (χ1n) is 5.53. The van der Waals surface area contributed by atoms with Gasteiger partial charge in [0.1, 0.15) is 0 Å². The standard InChI is InChI=1S/C10H15F3N2O3/c1-6-4-15(5-7(6)8(16)17)9(18)14-3-2-10(11,12)13/h6-7H,2-5H2,1H3,(H,14,18)(H,16,17). The van der Waals surface area contributed by atoms with E-state index in [0.717, 1.165) is 0 Å². The van der Waals surface area contributed by atoms with Crippen LogP contribution in [0.25, 0.3) is 0 Å². The molecular weight excluding hydrogens is 253 g/mol. The Kier molecular flexibility index (Phi) is 4.42. The molecule has 2 N–H and O–H groups in total. The second kappa shape index (κ2) is 5.45. The van der Waals surface area contributed by atoms with E-state index in [2.05, 4.69) is 5.32 Å². The highest BCUT2D eigenvalue weighted by Gasteiger charge is 2.37. The average molecular weight is 268 g/mol. The van der Waals surface area contributed by atoms with E-state index in [1.807, 2.05) is 0 Å². The lowest BCUT2D eigenvalue weighted by Gasteiger charge is -2.17. The molecule has 1 rings (SSSR count). The van der Waals surface area contributed by atoms with E-state index >= 15 is 0 Å². The third-order valence-corrected chi connectivity index (χ3v) is 2.90. The van der Waals surface area contributed by atoms with Gasteiger partial charge in [-0.1, -0.05) is 6.92 Å². The van der Waals surface area contributed by atoms with E-state index in [0.29, 0.717) is 0 Å². The predicted molar refractivity (Wildman–Crippen MR) is 55.9 cm³/mol. The van der Waals surface area contributed by atoms with Crippen LogP contribution in [0, 0.1) is 11.8 Å². The second-order valence-electron chi connectivity index (χ2n) is 4.42. The van der Waals surface area contributed by atoms with Gasteiger partial charge in [-0.25, -0.2) is 4.79 Å². The minimum Gasteiger partial charge on any atom is -0.481 e. The Balaban J connectivity index is 2.38. The average Bonchev–Trinajstić information content (AvgIpc) is 2.58. The topological polar surface area (TPSA) is 69.6 Å². The van der Waals surface area contributed by atoms with E-state index in [-0.39, 0.29) is 19.0 Å². The molecule has 1 aliphatic heterocycles. The molecule has 104 valence electrons. The van der Waals surface area contributed by atoms with Gasteiger partial charge >= 0.3 is 18.2 Å². The van der Waals surface area contributed by atoms with Crippen molar-refractivity contribution in [3.63, 3.8) is 0 Å². The van der Waals surface area contributed by atoms with E-state index in [9.17, 15) is 22.8 Å². The SMILES string of the molecule is CC1CN(C(=O)NCCC(F)(F)F)CC1C(=O)O. The Morgan fingerprint density at radius 2 is 2.00 bits per heavy atom. The number of urea groups is 1. The number of carboxylic acids is 1. The fourth-order valence-corrected chi connectivity index (χ4v) is 1.88. The normalized spacial score (nSPS) is 24.1. The number of carbonyl (C=O) groups excluding carboxylic acids is 1. The molecule has 2 unspecified atom stereocenters. The molecule has 0 aromatic heterocycles. The monoisotopic (exact) mass is 268 g/mol. The number of nitrogens with one attached hydrogen (secondary N) is 1. The third-order valence-electron chi connectivity index (χ3n) is 2.90. The maximum atomic E-state index is 11.9. The lowest BCUT2D eigenvalue weighted by Crippen LogP contribution is -2.40. The number of likely N-dealkylation sites (tertiary alicyclic amines) is 1. The van der Waals surface area contributed by atoms with Crippen molar-refractivity contribution in [2.24, 2.45) is 11.8 Å². The maximum absolute atomic E-state index is 11.9. The van der Waals surface area contributed by atoms with Crippen LogP contribution in [0.15, 0.2) is 0 Å². The third kappa shape index (κ3) is 4.08. The number of carboxylic acid groups (broad SMARTS) is 1. The van der Waals surface area contributed by atoms with E-state index in [4.69, 9.17) is 5.11 Å². The van der Waals surface area contributed by atoms with Crippen molar-refractivity contribution in [2.75, 3.05) is 19.6 Å². The van der Waals surface area contributed by atoms with E-state index in [1.165, 1.54) is 4.90 Å². The van der Waals surface area contributed by atoms with Crippen LogP contribution in [-0.4, -0.2) is 47.8 Å². The van der Waals surface area contributed by atoms with Crippen molar-refractivity contribution >= 4 is 12.0 Å². The molecule has 1 heterocycles. The summed E-state index contributed by atoms with van der Waals surface area (Å²) in [6.45, 7) is 1.48. The number of alkyl halides is 3. The number of halogens is 3. The van der Waals surface area contributed by atoms with Crippen molar-refractivity contribution in [1.29, 1.82) is 0 Å². The molecule has 1 saturated heterocycles. The summed E-state index contributed by atoms with van der Waals surface area (Å²) in [6.07, 6.45) is -5.40. The number of hydrogen-bond donors (Lipinski definition) is 2. The van der Waals surface area contributed by atoms with Crippen molar-refractivity contribution < 1.29 is 27.9 Å². The molecule has 0 bridgehead atoms. The minimum atomic E-state index is -4.31. The molecule has 2 amide bonds. The van der Waals surface area contributed by atoms with Crippen LogP contribution in [0.4, 0.5) is 18.0 Å². The largest absolute Gasteiger partial charge is 0.481 e. The summed E-state index contributed by atoms with van der Waals surface area (Å²) < 4.78 is 35.6.